The third-order valence-electron chi connectivity index (χ3n) is 4.62. The normalized spacial score (nSPS) is 22.2. The highest BCUT2D eigenvalue weighted by Crippen LogP contribution is 2.22. The molecule has 1 atom stereocenters. The molecule has 0 aliphatic carbocycles. The van der Waals surface area contributed by atoms with Gasteiger partial charge in [-0.3, -0.25) is 4.79 Å². The molecule has 0 bridgehead atoms. The summed E-state index contributed by atoms with van der Waals surface area (Å²) in [5.41, 5.74) is 0.502. The number of hydrogen-bond acceptors (Lipinski definition) is 4. The second kappa shape index (κ2) is 7.66. The van der Waals surface area contributed by atoms with Gasteiger partial charge in [0.1, 0.15) is 17.9 Å². The van der Waals surface area contributed by atoms with Gasteiger partial charge < -0.3 is 19.5 Å². The molecule has 1 aromatic carbocycles. The van der Waals surface area contributed by atoms with E-state index in [9.17, 15) is 14.7 Å². The molecule has 2 heterocycles. The molecule has 24 heavy (non-hydrogen) atoms. The van der Waals surface area contributed by atoms with E-state index in [1.54, 1.807) is 24.3 Å². The van der Waals surface area contributed by atoms with Gasteiger partial charge in [0, 0.05) is 24.9 Å². The van der Waals surface area contributed by atoms with Gasteiger partial charge in [-0.1, -0.05) is 0 Å². The first-order chi connectivity index (χ1) is 11.6. The molecule has 0 aromatic heterocycles. The maximum absolute atomic E-state index is 12.6. The lowest BCUT2D eigenvalue weighted by Gasteiger charge is -2.33. The van der Waals surface area contributed by atoms with Crippen LogP contribution in [0.15, 0.2) is 24.3 Å². The molecule has 6 nitrogen and oxygen atoms in total. The lowest BCUT2D eigenvalue weighted by Crippen LogP contribution is -2.47. The Bertz CT molecular complexity index is 580. The van der Waals surface area contributed by atoms with E-state index in [-0.39, 0.29) is 12.0 Å². The Hall–Kier alpha value is -2.08. The van der Waals surface area contributed by atoms with E-state index in [2.05, 4.69) is 0 Å². The second-order valence-electron chi connectivity index (χ2n) is 6.30. The summed E-state index contributed by atoms with van der Waals surface area (Å²) in [4.78, 5) is 25.4. The van der Waals surface area contributed by atoms with E-state index in [0.717, 1.165) is 31.4 Å². The zero-order valence-corrected chi connectivity index (χ0v) is 13.6. The van der Waals surface area contributed by atoms with Gasteiger partial charge in [-0.05, 0) is 43.5 Å². The molecule has 130 valence electrons. The van der Waals surface area contributed by atoms with Crippen molar-refractivity contribution >= 4 is 11.9 Å². The van der Waals surface area contributed by atoms with E-state index in [1.165, 1.54) is 4.90 Å². The zero-order valence-electron chi connectivity index (χ0n) is 13.6. The van der Waals surface area contributed by atoms with E-state index in [1.807, 2.05) is 0 Å². The van der Waals surface area contributed by atoms with Crippen LogP contribution in [0.2, 0.25) is 0 Å². The van der Waals surface area contributed by atoms with Crippen LogP contribution in [0.3, 0.4) is 0 Å². The van der Waals surface area contributed by atoms with Gasteiger partial charge in [0.05, 0.1) is 13.2 Å². The fraction of sp³-hybridized carbons (Fsp3) is 0.556. The lowest BCUT2D eigenvalue weighted by molar-refractivity contribution is -0.143. The summed E-state index contributed by atoms with van der Waals surface area (Å²) < 4.78 is 11.2. The standard InChI is InChI=1S/C18H23NO5/c20-17(19-10-2-1-3-16(19)18(21)22)13-4-6-14(7-5-13)24-15-8-11-23-12-9-15/h4-7,15-16H,1-3,8-12H2,(H,21,22). The fourth-order valence-electron chi connectivity index (χ4n) is 3.26. The number of benzene rings is 1. The third kappa shape index (κ3) is 3.87. The molecule has 2 saturated heterocycles. The Kier molecular flexibility index (Phi) is 5.35. The first-order valence-corrected chi connectivity index (χ1v) is 8.53. The Morgan fingerprint density at radius 3 is 2.46 bits per heavy atom. The van der Waals surface area contributed by atoms with Crippen LogP contribution in [0, 0.1) is 0 Å². The van der Waals surface area contributed by atoms with Gasteiger partial charge in [-0.2, -0.15) is 0 Å². The van der Waals surface area contributed by atoms with Crippen LogP contribution < -0.4 is 4.74 Å². The largest absolute Gasteiger partial charge is 0.490 e. The van der Waals surface area contributed by atoms with Crippen molar-refractivity contribution in [3.8, 4) is 5.75 Å². The number of rotatable bonds is 4. The Morgan fingerprint density at radius 2 is 1.79 bits per heavy atom. The van der Waals surface area contributed by atoms with Gasteiger partial charge in [0.25, 0.3) is 5.91 Å². The number of hydrogen-bond donors (Lipinski definition) is 1. The predicted molar refractivity (Wildman–Crippen MR) is 87.2 cm³/mol. The molecule has 2 fully saturated rings. The number of carbonyl (C=O) groups excluding carboxylic acids is 1. The predicted octanol–water partition coefficient (Wildman–Crippen LogP) is 2.32. The molecule has 6 heteroatoms. The van der Waals surface area contributed by atoms with Crippen LogP contribution >= 0.6 is 0 Å². The zero-order chi connectivity index (χ0) is 16.9. The smallest absolute Gasteiger partial charge is 0.326 e. The Balaban J connectivity index is 1.65. The summed E-state index contributed by atoms with van der Waals surface area (Å²) in [6, 6.07) is 6.27. The van der Waals surface area contributed by atoms with Gasteiger partial charge in [-0.25, -0.2) is 4.79 Å². The number of carboxylic acid groups (broad SMARTS) is 1. The molecular formula is C18H23NO5. The van der Waals surface area contributed by atoms with Gasteiger partial charge >= 0.3 is 5.97 Å². The summed E-state index contributed by atoms with van der Waals surface area (Å²) in [7, 11) is 0. The fourth-order valence-corrected chi connectivity index (χ4v) is 3.26. The van der Waals surface area contributed by atoms with Crippen LogP contribution in [0.4, 0.5) is 0 Å². The number of ether oxygens (including phenoxy) is 2. The Morgan fingerprint density at radius 1 is 1.08 bits per heavy atom. The summed E-state index contributed by atoms with van der Waals surface area (Å²) >= 11 is 0. The molecule has 2 aliphatic rings. The van der Waals surface area contributed by atoms with Crippen LogP contribution in [0.25, 0.3) is 0 Å². The third-order valence-corrected chi connectivity index (χ3v) is 4.62. The van der Waals surface area contributed by atoms with Crippen molar-refractivity contribution in [3.05, 3.63) is 29.8 Å². The van der Waals surface area contributed by atoms with Gasteiger partial charge in [-0.15, -0.1) is 0 Å². The van der Waals surface area contributed by atoms with Crippen LogP contribution in [0.5, 0.6) is 5.75 Å². The SMILES string of the molecule is O=C(O)C1CCCCN1C(=O)c1ccc(OC2CCOCC2)cc1. The summed E-state index contributed by atoms with van der Waals surface area (Å²) in [6.07, 6.45) is 4.10. The molecule has 1 amide bonds. The number of likely N-dealkylation sites (tertiary alicyclic amines) is 1. The average molecular weight is 333 g/mol. The number of carbonyl (C=O) groups is 2. The van der Waals surface area contributed by atoms with E-state index in [4.69, 9.17) is 9.47 Å². The lowest BCUT2D eigenvalue weighted by atomic mass is 10.0. The van der Waals surface area contributed by atoms with Crippen molar-refractivity contribution in [2.24, 2.45) is 0 Å². The average Bonchev–Trinajstić information content (AvgIpc) is 2.62. The van der Waals surface area contributed by atoms with E-state index < -0.39 is 12.0 Å². The van der Waals surface area contributed by atoms with Crippen LogP contribution in [0.1, 0.15) is 42.5 Å². The monoisotopic (exact) mass is 333 g/mol. The van der Waals surface area contributed by atoms with Crippen molar-refractivity contribution in [1.29, 1.82) is 0 Å². The number of aliphatic carboxylic acids is 1. The van der Waals surface area contributed by atoms with Crippen molar-refractivity contribution in [1.82, 2.24) is 4.90 Å². The topological polar surface area (TPSA) is 76.1 Å². The highest BCUT2D eigenvalue weighted by Gasteiger charge is 2.32. The quantitative estimate of drug-likeness (QED) is 0.915. The minimum Gasteiger partial charge on any atom is -0.490 e. The number of nitrogens with zero attached hydrogens (tertiary/aromatic N) is 1. The molecule has 0 saturated carbocycles. The van der Waals surface area contributed by atoms with Crippen molar-refractivity contribution in [3.63, 3.8) is 0 Å². The van der Waals surface area contributed by atoms with E-state index >= 15 is 0 Å². The van der Waals surface area contributed by atoms with Gasteiger partial charge in [0.2, 0.25) is 0 Å². The minimum absolute atomic E-state index is 0.152. The molecule has 1 N–H and O–H groups in total. The number of piperidine rings is 1. The van der Waals surface area contributed by atoms with Gasteiger partial charge in [0.15, 0.2) is 0 Å². The molecule has 1 aromatic rings. The van der Waals surface area contributed by atoms with Crippen molar-refractivity contribution < 1.29 is 24.2 Å². The molecule has 3 rings (SSSR count). The minimum atomic E-state index is -0.928. The number of amides is 1. The molecule has 2 aliphatic heterocycles. The summed E-state index contributed by atoms with van der Waals surface area (Å²) in [5, 5.41) is 9.31. The maximum Gasteiger partial charge on any atom is 0.326 e. The highest BCUT2D eigenvalue weighted by atomic mass is 16.5. The summed E-state index contributed by atoms with van der Waals surface area (Å²) in [5.74, 6) is -0.422. The molecule has 1 unspecified atom stereocenters. The van der Waals surface area contributed by atoms with Crippen molar-refractivity contribution in [2.75, 3.05) is 19.8 Å². The first kappa shape index (κ1) is 16.8. The molecule has 0 radical (unpaired) electrons. The van der Waals surface area contributed by atoms with E-state index in [0.29, 0.717) is 31.7 Å². The molecular weight excluding hydrogens is 310 g/mol. The highest BCUT2D eigenvalue weighted by molar-refractivity contribution is 5.96. The van der Waals surface area contributed by atoms with Crippen molar-refractivity contribution in [2.45, 2.75) is 44.2 Å². The molecule has 0 spiro atoms. The summed E-state index contributed by atoms with van der Waals surface area (Å²) in [6.45, 7) is 1.93. The van der Waals surface area contributed by atoms with Crippen LogP contribution in [-0.4, -0.2) is 53.8 Å². The number of carboxylic acids is 1. The Labute approximate surface area is 141 Å². The van der Waals surface area contributed by atoms with Crippen LogP contribution in [-0.2, 0) is 9.53 Å². The first-order valence-electron chi connectivity index (χ1n) is 8.53. The maximum atomic E-state index is 12.6. The second-order valence-corrected chi connectivity index (χ2v) is 6.30.